The van der Waals surface area contributed by atoms with E-state index in [0.29, 0.717) is 12.0 Å². The lowest BCUT2D eigenvalue weighted by atomic mass is 9.96. The lowest BCUT2D eigenvalue weighted by Gasteiger charge is -2.30. The van der Waals surface area contributed by atoms with Crippen LogP contribution in [0.5, 0.6) is 5.75 Å². The van der Waals surface area contributed by atoms with Gasteiger partial charge in [-0.2, -0.15) is 0 Å². The van der Waals surface area contributed by atoms with E-state index in [9.17, 15) is 63.6 Å². The number of phenolic OH excluding ortho intramolecular Hbond substituents is 1. The Hall–Kier alpha value is -7.38. The minimum Gasteiger partial charge on any atom is -0.508 e. The zero-order valence-corrected chi connectivity index (χ0v) is 47.5. The van der Waals surface area contributed by atoms with Gasteiger partial charge in [0.15, 0.2) is 5.96 Å². The van der Waals surface area contributed by atoms with Crippen LogP contribution in [0.25, 0.3) is 0 Å². The summed E-state index contributed by atoms with van der Waals surface area (Å²) in [6.07, 6.45) is -0.999. The summed E-state index contributed by atoms with van der Waals surface area (Å²) in [6.45, 7) is 14.3. The van der Waals surface area contributed by atoms with Crippen LogP contribution in [0.2, 0.25) is 0 Å². The second-order valence-corrected chi connectivity index (χ2v) is 21.5. The zero-order valence-electron chi connectivity index (χ0n) is 47.5. The predicted octanol–water partition coefficient (Wildman–Crippen LogP) is -0.921. The van der Waals surface area contributed by atoms with Gasteiger partial charge >= 0.3 is 5.97 Å². The molecule has 0 aliphatic carbocycles. The molecule has 8 amide bonds. The molecular formula is C55H88N12O13. The highest BCUT2D eigenvalue weighted by Crippen LogP contribution is 2.16. The van der Waals surface area contributed by atoms with Crippen molar-refractivity contribution in [2.75, 3.05) is 13.2 Å². The first-order valence-corrected chi connectivity index (χ1v) is 27.1. The van der Waals surface area contributed by atoms with Crippen LogP contribution in [0.1, 0.15) is 112 Å². The van der Waals surface area contributed by atoms with Crippen LogP contribution >= 0.6 is 0 Å². The van der Waals surface area contributed by atoms with Crippen molar-refractivity contribution in [2.45, 2.75) is 174 Å². The normalized spacial score (nSPS) is 15.4. The van der Waals surface area contributed by atoms with Crippen LogP contribution in [0, 0.1) is 23.7 Å². The van der Waals surface area contributed by atoms with E-state index in [-0.39, 0.29) is 81.0 Å². The Morgan fingerprint density at radius 1 is 0.525 bits per heavy atom. The number of guanidine groups is 1. The Kier molecular flexibility index (Phi) is 29.7. The average molecular weight is 1130 g/mol. The first kappa shape index (κ1) is 68.7. The number of hydrogen-bond donors (Lipinski definition) is 15. The number of carboxylic acid groups (broad SMARTS) is 1. The largest absolute Gasteiger partial charge is 0.508 e. The van der Waals surface area contributed by atoms with Crippen molar-refractivity contribution in [1.29, 1.82) is 0 Å². The lowest BCUT2D eigenvalue weighted by molar-refractivity contribution is -0.143. The van der Waals surface area contributed by atoms with E-state index >= 15 is 0 Å². The van der Waals surface area contributed by atoms with E-state index in [0.717, 1.165) is 5.56 Å². The Balaban J connectivity index is 2.39. The Labute approximate surface area is 468 Å². The van der Waals surface area contributed by atoms with E-state index < -0.39 is 126 Å². The molecule has 0 aliphatic heterocycles. The summed E-state index contributed by atoms with van der Waals surface area (Å²) in [4.78, 5) is 127. The van der Waals surface area contributed by atoms with Gasteiger partial charge in [-0.3, -0.25) is 43.3 Å². The molecule has 0 heterocycles. The topological polar surface area (TPSA) is 421 Å². The molecule has 0 saturated heterocycles. The molecule has 0 fully saturated rings. The van der Waals surface area contributed by atoms with E-state index in [1.165, 1.54) is 19.1 Å². The predicted molar refractivity (Wildman–Crippen MR) is 300 cm³/mol. The molecular weight excluding hydrogens is 1040 g/mol. The number of carboxylic acids is 1. The molecule has 0 aromatic heterocycles. The third kappa shape index (κ3) is 24.7. The molecule has 0 aliphatic rings. The van der Waals surface area contributed by atoms with Gasteiger partial charge in [0.2, 0.25) is 47.3 Å². The van der Waals surface area contributed by atoms with E-state index in [2.05, 4.69) is 47.5 Å². The molecule has 0 bridgehead atoms. The third-order valence-corrected chi connectivity index (χ3v) is 12.9. The molecule has 11 atom stereocenters. The van der Waals surface area contributed by atoms with Gasteiger partial charge in [0.1, 0.15) is 54.1 Å². The van der Waals surface area contributed by atoms with Gasteiger partial charge in [0.25, 0.3) is 0 Å². The maximum Gasteiger partial charge on any atom is 0.326 e. The average Bonchev–Trinajstić information content (AvgIpc) is 3.38. The number of amides is 8. The van der Waals surface area contributed by atoms with Crippen molar-refractivity contribution >= 4 is 59.2 Å². The van der Waals surface area contributed by atoms with Crippen molar-refractivity contribution in [3.8, 4) is 5.75 Å². The summed E-state index contributed by atoms with van der Waals surface area (Å²) in [5.74, 6) is -9.60. The van der Waals surface area contributed by atoms with Crippen molar-refractivity contribution in [2.24, 2.45) is 45.9 Å². The number of aliphatic hydroxyl groups excluding tert-OH is 2. The van der Waals surface area contributed by atoms with E-state index in [1.807, 2.05) is 0 Å². The minimum atomic E-state index is -1.71. The number of carbonyl (C=O) groups excluding carboxylic acids is 8. The Morgan fingerprint density at radius 2 is 0.950 bits per heavy atom. The summed E-state index contributed by atoms with van der Waals surface area (Å²) < 4.78 is 0. The fraction of sp³-hybridized carbons (Fsp3) is 0.600. The third-order valence-electron chi connectivity index (χ3n) is 12.9. The molecule has 0 spiro atoms. The maximum atomic E-state index is 14.2. The first-order valence-electron chi connectivity index (χ1n) is 27.1. The van der Waals surface area contributed by atoms with Crippen LogP contribution in [-0.4, -0.2) is 153 Å². The van der Waals surface area contributed by atoms with Gasteiger partial charge < -0.3 is 80.2 Å². The van der Waals surface area contributed by atoms with Gasteiger partial charge in [-0.1, -0.05) is 104 Å². The van der Waals surface area contributed by atoms with Crippen molar-refractivity contribution in [1.82, 2.24) is 42.5 Å². The summed E-state index contributed by atoms with van der Waals surface area (Å²) >= 11 is 0. The highest BCUT2D eigenvalue weighted by molar-refractivity contribution is 5.98. The first-order chi connectivity index (χ1) is 37.6. The SMILES string of the molecule is CC[C@H](C)[C@H](NC(=O)[C@@H](NC(=O)[C@H](CC(C)C)NC(=O)[C@H](CC(C)C)NC(=O)[C@H](CO)NC(=O)[C@H](CCCN=C(N)N)NC(=O)[C@H](Cc1ccc(O)cc1)NC(=O)[C@@H](N)Cc1ccccc1)[C@@H](C)O)C(=O)N[C@@H](CC(C)C)C(=O)O. The number of nitrogens with zero attached hydrogens (tertiary/aromatic N) is 1. The summed E-state index contributed by atoms with van der Waals surface area (Å²) in [5.41, 5.74) is 18.6. The van der Waals surface area contributed by atoms with Crippen LogP contribution in [0.15, 0.2) is 59.6 Å². The van der Waals surface area contributed by atoms with Crippen LogP contribution in [0.3, 0.4) is 0 Å². The molecule has 25 nitrogen and oxygen atoms in total. The number of rotatable bonds is 35. The fourth-order valence-electron chi connectivity index (χ4n) is 8.34. The standard InChI is InChI=1S/C55H88N12O13/c1-10-32(8)44(52(77)64-42(54(79)80)25-31(6)7)66-53(78)45(33(9)69)67-50(75)40(24-30(4)5)62-48(73)39(23-29(2)3)63-51(76)43(28-68)65-47(72)38(17-14-22-59-55(57)58)60-49(74)41(27-35-18-20-36(70)21-19-35)61-46(71)37(56)26-34-15-12-11-13-16-34/h11-13,15-16,18-21,29-33,37-45,68-70H,10,14,17,22-28,56H2,1-9H3,(H,60,74)(H,61,71)(H,62,73)(H,63,76)(H,64,77)(H,65,72)(H,66,78)(H,67,75)(H,79,80)(H4,57,58,59)/t32-,33+,37-,38-,39-,40-,41-,42-,43-,44-,45-/m0/s1. The highest BCUT2D eigenvalue weighted by Gasteiger charge is 2.37. The van der Waals surface area contributed by atoms with Gasteiger partial charge in [-0.25, -0.2) is 4.79 Å². The number of aliphatic hydroxyl groups is 2. The highest BCUT2D eigenvalue weighted by atomic mass is 16.4. The van der Waals surface area contributed by atoms with Gasteiger partial charge in [0, 0.05) is 13.0 Å². The molecule has 0 radical (unpaired) electrons. The summed E-state index contributed by atoms with van der Waals surface area (Å²) in [5, 5.41) is 61.4. The number of phenols is 1. The number of nitrogens with two attached hydrogens (primary N) is 3. The number of carbonyl (C=O) groups is 9. The quantitative estimate of drug-likeness (QED) is 0.0225. The number of benzene rings is 2. The van der Waals surface area contributed by atoms with Gasteiger partial charge in [0.05, 0.1) is 18.8 Å². The van der Waals surface area contributed by atoms with Crippen molar-refractivity contribution < 1.29 is 63.6 Å². The molecule has 446 valence electrons. The zero-order chi connectivity index (χ0) is 60.4. The monoisotopic (exact) mass is 1120 g/mol. The Bertz CT molecular complexity index is 2370. The van der Waals surface area contributed by atoms with Crippen LogP contribution in [0.4, 0.5) is 0 Å². The smallest absolute Gasteiger partial charge is 0.326 e. The van der Waals surface area contributed by atoms with Gasteiger partial charge in [-0.05, 0) is 92.4 Å². The van der Waals surface area contributed by atoms with E-state index in [4.69, 9.17) is 17.2 Å². The molecule has 25 heteroatoms. The molecule has 2 aromatic rings. The lowest BCUT2D eigenvalue weighted by Crippen LogP contribution is -2.62. The second kappa shape index (κ2) is 34.6. The molecule has 0 saturated carbocycles. The maximum absolute atomic E-state index is 14.2. The molecule has 2 rings (SSSR count). The fourth-order valence-corrected chi connectivity index (χ4v) is 8.34. The minimum absolute atomic E-state index is 0.00395. The molecule has 2 aromatic carbocycles. The number of aliphatic carboxylic acids is 1. The summed E-state index contributed by atoms with van der Waals surface area (Å²) in [7, 11) is 0. The van der Waals surface area contributed by atoms with Crippen molar-refractivity contribution in [3.63, 3.8) is 0 Å². The molecule has 18 N–H and O–H groups in total. The van der Waals surface area contributed by atoms with E-state index in [1.54, 1.807) is 97.9 Å². The van der Waals surface area contributed by atoms with Crippen molar-refractivity contribution in [3.05, 3.63) is 65.7 Å². The number of aromatic hydroxyl groups is 1. The van der Waals surface area contributed by atoms with Crippen LogP contribution in [-0.2, 0) is 56.0 Å². The molecule has 0 unspecified atom stereocenters. The summed E-state index contributed by atoms with van der Waals surface area (Å²) in [6, 6.07) is 2.40. The number of nitrogens with one attached hydrogen (secondary N) is 8. The number of aliphatic imine (C=N–C) groups is 1. The Morgan fingerprint density at radius 3 is 1.45 bits per heavy atom. The van der Waals surface area contributed by atoms with Gasteiger partial charge in [-0.15, -0.1) is 0 Å². The second-order valence-electron chi connectivity index (χ2n) is 21.5. The number of hydrogen-bond acceptors (Lipinski definition) is 14. The van der Waals surface area contributed by atoms with Crippen LogP contribution < -0.4 is 59.7 Å². The molecule has 80 heavy (non-hydrogen) atoms.